The molecule has 1 aromatic rings. The first-order valence-corrected chi connectivity index (χ1v) is 7.35. The minimum atomic E-state index is 0.629. The van der Waals surface area contributed by atoms with Crippen LogP contribution < -0.4 is 4.90 Å². The van der Waals surface area contributed by atoms with Crippen LogP contribution in [0, 0.1) is 6.92 Å². The summed E-state index contributed by atoms with van der Waals surface area (Å²) in [6.45, 7) is 7.45. The number of aldehydes is 1. The Morgan fingerprint density at radius 1 is 1.61 bits per heavy atom. The first-order valence-electron chi connectivity index (χ1n) is 6.53. The van der Waals surface area contributed by atoms with Gasteiger partial charge in [0.2, 0.25) is 0 Å². The van der Waals surface area contributed by atoms with Crippen molar-refractivity contribution in [2.75, 3.05) is 31.6 Å². The number of aromatic nitrogens is 1. The van der Waals surface area contributed by atoms with Gasteiger partial charge in [-0.15, -0.1) is 0 Å². The molecule has 1 aliphatic rings. The number of hydrogen-bond donors (Lipinski definition) is 0. The molecule has 18 heavy (non-hydrogen) atoms. The molecule has 4 nitrogen and oxygen atoms in total. The average molecular weight is 267 g/mol. The molecule has 0 spiro atoms. The van der Waals surface area contributed by atoms with E-state index < -0.39 is 0 Å². The lowest BCUT2D eigenvalue weighted by atomic mass is 10.2. The third-order valence-electron chi connectivity index (χ3n) is 3.64. The van der Waals surface area contributed by atoms with Crippen molar-refractivity contribution in [3.8, 4) is 0 Å². The SMILES string of the molecule is CCN1CCCC1CN(C)c1nc(C)c(C=O)s1. The largest absolute Gasteiger partial charge is 0.350 e. The van der Waals surface area contributed by atoms with Gasteiger partial charge in [0.05, 0.1) is 10.6 Å². The number of anilines is 1. The third kappa shape index (κ3) is 2.72. The van der Waals surface area contributed by atoms with Crippen molar-refractivity contribution in [3.63, 3.8) is 0 Å². The minimum absolute atomic E-state index is 0.629. The molecular weight excluding hydrogens is 246 g/mol. The molecule has 1 unspecified atom stereocenters. The van der Waals surface area contributed by atoms with Crippen LogP contribution in [0.3, 0.4) is 0 Å². The highest BCUT2D eigenvalue weighted by Crippen LogP contribution is 2.26. The molecular formula is C13H21N3OS. The fourth-order valence-electron chi connectivity index (χ4n) is 2.58. The van der Waals surface area contributed by atoms with Gasteiger partial charge in [-0.25, -0.2) is 4.98 Å². The maximum absolute atomic E-state index is 10.8. The van der Waals surface area contributed by atoms with Gasteiger partial charge >= 0.3 is 0 Å². The molecule has 5 heteroatoms. The van der Waals surface area contributed by atoms with E-state index in [2.05, 4.69) is 28.8 Å². The zero-order valence-corrected chi connectivity index (χ0v) is 12.2. The molecule has 0 amide bonds. The summed E-state index contributed by atoms with van der Waals surface area (Å²) in [4.78, 5) is 20.8. The van der Waals surface area contributed by atoms with E-state index in [1.54, 1.807) is 0 Å². The standard InChI is InChI=1S/C13H21N3OS/c1-4-16-7-5-6-11(16)8-15(3)13-14-10(2)12(9-17)18-13/h9,11H,4-8H2,1-3H3. The molecule has 0 bridgehead atoms. The lowest BCUT2D eigenvalue weighted by Crippen LogP contribution is -2.38. The highest BCUT2D eigenvalue weighted by Gasteiger charge is 2.25. The van der Waals surface area contributed by atoms with Crippen LogP contribution in [0.5, 0.6) is 0 Å². The van der Waals surface area contributed by atoms with Crippen LogP contribution in [0.2, 0.25) is 0 Å². The molecule has 1 aromatic heterocycles. The smallest absolute Gasteiger partial charge is 0.185 e. The monoisotopic (exact) mass is 267 g/mol. The zero-order chi connectivity index (χ0) is 13.1. The normalized spacial score (nSPS) is 20.3. The van der Waals surface area contributed by atoms with Gasteiger partial charge in [-0.2, -0.15) is 0 Å². The maximum Gasteiger partial charge on any atom is 0.185 e. The number of nitrogens with zero attached hydrogens (tertiary/aromatic N) is 3. The highest BCUT2D eigenvalue weighted by atomic mass is 32.1. The Morgan fingerprint density at radius 3 is 3.00 bits per heavy atom. The predicted molar refractivity (Wildman–Crippen MR) is 75.8 cm³/mol. The lowest BCUT2D eigenvalue weighted by Gasteiger charge is -2.27. The van der Waals surface area contributed by atoms with Crippen LogP contribution in [0.25, 0.3) is 0 Å². The number of rotatable bonds is 5. The fraction of sp³-hybridized carbons (Fsp3) is 0.692. The number of likely N-dealkylation sites (tertiary alicyclic amines) is 1. The van der Waals surface area contributed by atoms with Crippen molar-refractivity contribution in [3.05, 3.63) is 10.6 Å². The van der Waals surface area contributed by atoms with Gasteiger partial charge in [-0.1, -0.05) is 18.3 Å². The molecule has 0 saturated carbocycles. The quantitative estimate of drug-likeness (QED) is 0.766. The summed E-state index contributed by atoms with van der Waals surface area (Å²) in [5.41, 5.74) is 0.843. The van der Waals surface area contributed by atoms with Crippen LogP contribution in [0.15, 0.2) is 0 Å². The van der Waals surface area contributed by atoms with E-state index >= 15 is 0 Å². The Kier molecular flexibility index (Phi) is 4.35. The van der Waals surface area contributed by atoms with Crippen molar-refractivity contribution in [1.29, 1.82) is 0 Å². The van der Waals surface area contributed by atoms with E-state index in [1.165, 1.54) is 30.7 Å². The van der Waals surface area contributed by atoms with Crippen LogP contribution in [-0.4, -0.2) is 48.9 Å². The summed E-state index contributed by atoms with van der Waals surface area (Å²) in [6.07, 6.45) is 3.46. The topological polar surface area (TPSA) is 36.4 Å². The Balaban J connectivity index is 2.02. The number of carbonyl (C=O) groups excluding carboxylic acids is 1. The Hall–Kier alpha value is -0.940. The van der Waals surface area contributed by atoms with Gasteiger partial charge in [0, 0.05) is 19.6 Å². The predicted octanol–water partition coefficient (Wildman–Crippen LogP) is 2.18. The van der Waals surface area contributed by atoms with Gasteiger partial charge in [-0.3, -0.25) is 9.69 Å². The summed E-state index contributed by atoms with van der Waals surface area (Å²) < 4.78 is 0. The van der Waals surface area contributed by atoms with Crippen LogP contribution in [-0.2, 0) is 0 Å². The van der Waals surface area contributed by atoms with E-state index in [1.807, 2.05) is 6.92 Å². The van der Waals surface area contributed by atoms with Gasteiger partial charge in [0.15, 0.2) is 11.4 Å². The molecule has 1 atom stereocenters. The van der Waals surface area contributed by atoms with Crippen molar-refractivity contribution in [2.45, 2.75) is 32.7 Å². The third-order valence-corrected chi connectivity index (χ3v) is 4.84. The number of thiazole rings is 1. The molecule has 1 aliphatic heterocycles. The first kappa shape index (κ1) is 13.5. The number of carbonyl (C=O) groups is 1. The van der Waals surface area contributed by atoms with Crippen molar-refractivity contribution in [2.24, 2.45) is 0 Å². The summed E-state index contributed by atoms with van der Waals surface area (Å²) in [7, 11) is 2.07. The van der Waals surface area contributed by atoms with Crippen molar-refractivity contribution >= 4 is 22.8 Å². The zero-order valence-electron chi connectivity index (χ0n) is 11.3. The fourth-order valence-corrected chi connectivity index (χ4v) is 3.43. The van der Waals surface area contributed by atoms with Crippen molar-refractivity contribution in [1.82, 2.24) is 9.88 Å². The van der Waals surface area contributed by atoms with Gasteiger partial charge in [-0.05, 0) is 32.9 Å². The highest BCUT2D eigenvalue weighted by molar-refractivity contribution is 7.17. The van der Waals surface area contributed by atoms with E-state index in [-0.39, 0.29) is 0 Å². The molecule has 0 aliphatic carbocycles. The molecule has 0 radical (unpaired) electrons. The molecule has 1 fully saturated rings. The van der Waals surface area contributed by atoms with E-state index in [4.69, 9.17) is 0 Å². The van der Waals surface area contributed by atoms with Crippen molar-refractivity contribution < 1.29 is 4.79 Å². The molecule has 100 valence electrons. The maximum atomic E-state index is 10.8. The summed E-state index contributed by atoms with van der Waals surface area (Å²) in [6, 6.07) is 0.629. The van der Waals surface area contributed by atoms with Gasteiger partial charge in [0.1, 0.15) is 0 Å². The van der Waals surface area contributed by atoms with Gasteiger partial charge in [0.25, 0.3) is 0 Å². The lowest BCUT2D eigenvalue weighted by molar-refractivity contribution is 0.112. The number of aryl methyl sites for hydroxylation is 1. The van der Waals surface area contributed by atoms with E-state index in [9.17, 15) is 4.79 Å². The number of likely N-dealkylation sites (N-methyl/N-ethyl adjacent to an activating group) is 2. The molecule has 0 aromatic carbocycles. The Morgan fingerprint density at radius 2 is 2.39 bits per heavy atom. The second-order valence-corrected chi connectivity index (χ2v) is 5.88. The minimum Gasteiger partial charge on any atom is -0.350 e. The van der Waals surface area contributed by atoms with E-state index in [0.717, 1.165) is 35.1 Å². The summed E-state index contributed by atoms with van der Waals surface area (Å²) in [5.74, 6) is 0. The van der Waals surface area contributed by atoms with Crippen LogP contribution in [0.1, 0.15) is 35.1 Å². The van der Waals surface area contributed by atoms with E-state index in [0.29, 0.717) is 6.04 Å². The molecule has 0 N–H and O–H groups in total. The summed E-state index contributed by atoms with van der Waals surface area (Å²) in [5, 5.41) is 0.956. The van der Waals surface area contributed by atoms with Crippen LogP contribution >= 0.6 is 11.3 Å². The summed E-state index contributed by atoms with van der Waals surface area (Å²) >= 11 is 1.49. The first-order chi connectivity index (χ1) is 8.65. The second-order valence-electron chi connectivity index (χ2n) is 4.87. The van der Waals surface area contributed by atoms with Gasteiger partial charge < -0.3 is 4.90 Å². The van der Waals surface area contributed by atoms with Crippen LogP contribution in [0.4, 0.5) is 5.13 Å². The molecule has 1 saturated heterocycles. The Labute approximate surface area is 113 Å². The number of hydrogen-bond acceptors (Lipinski definition) is 5. The molecule has 2 heterocycles. The Bertz CT molecular complexity index is 418. The second kappa shape index (κ2) is 5.80. The molecule has 2 rings (SSSR count). The average Bonchev–Trinajstić information content (AvgIpc) is 2.95.